The van der Waals surface area contributed by atoms with Crippen LogP contribution in [-0.2, 0) is 0 Å². The molecule has 0 aliphatic carbocycles. The predicted molar refractivity (Wildman–Crippen MR) is 72.6 cm³/mol. The molecule has 1 unspecified atom stereocenters. The maximum absolute atomic E-state index is 11.1. The van der Waals surface area contributed by atoms with Crippen LogP contribution in [0.3, 0.4) is 0 Å². The third-order valence-corrected chi connectivity index (χ3v) is 2.96. The minimum atomic E-state index is -0.127. The zero-order valence-electron chi connectivity index (χ0n) is 10.9. The molecule has 0 fully saturated rings. The Hall–Kier alpha value is -1.88. The van der Waals surface area contributed by atoms with Crippen LogP contribution < -0.4 is 5.32 Å². The Morgan fingerprint density at radius 2 is 2.11 bits per heavy atom. The summed E-state index contributed by atoms with van der Waals surface area (Å²) in [5, 5.41) is 3.26. The van der Waals surface area contributed by atoms with E-state index in [-0.39, 0.29) is 16.8 Å². The maximum Gasteiger partial charge on any atom is 0.156 e. The number of carbonyl (C=O) groups is 1. The summed E-state index contributed by atoms with van der Waals surface area (Å²) in [6.07, 6.45) is 0.643. The minimum absolute atomic E-state index is 0.127. The number of hydrogen-bond acceptors (Lipinski definition) is 5. The third-order valence-electron chi connectivity index (χ3n) is 2.67. The van der Waals surface area contributed by atoms with E-state index in [2.05, 4.69) is 15.3 Å². The predicted octanol–water partition coefficient (Wildman–Crippen LogP) is 3.33. The first kappa shape index (κ1) is 13.5. The average molecular weight is 280 g/mol. The molecule has 19 heavy (non-hydrogen) atoms. The Labute approximate surface area is 116 Å². The first-order valence-electron chi connectivity index (χ1n) is 5.83. The number of furan rings is 1. The highest BCUT2D eigenvalue weighted by atomic mass is 35.5. The van der Waals surface area contributed by atoms with Gasteiger partial charge in [0.1, 0.15) is 28.3 Å². The van der Waals surface area contributed by atoms with E-state index in [1.165, 1.54) is 0 Å². The zero-order chi connectivity index (χ0) is 14.0. The molecule has 1 atom stereocenters. The maximum atomic E-state index is 11.1. The lowest BCUT2D eigenvalue weighted by molar-refractivity contribution is 0.112. The molecule has 0 spiro atoms. The Morgan fingerprint density at radius 3 is 2.68 bits per heavy atom. The molecule has 0 saturated heterocycles. The van der Waals surface area contributed by atoms with Crippen molar-refractivity contribution in [1.82, 2.24) is 9.97 Å². The van der Waals surface area contributed by atoms with Crippen LogP contribution in [0.4, 0.5) is 5.82 Å². The number of halogens is 1. The standard InChI is InChI=1S/C13H14ClN3O2/c1-7-4-5-11(19-7)8(2)15-13-10(6-18)12(14)16-9(3)17-13/h4-6,8H,1-3H3,(H,15,16,17). The number of hydrogen-bond donors (Lipinski definition) is 1. The molecule has 0 bridgehead atoms. The summed E-state index contributed by atoms with van der Waals surface area (Å²) >= 11 is 5.92. The molecule has 2 aromatic heterocycles. The Balaban J connectivity index is 2.30. The molecule has 2 heterocycles. The van der Waals surface area contributed by atoms with E-state index in [1.807, 2.05) is 26.0 Å². The summed E-state index contributed by atoms with van der Waals surface area (Å²) < 4.78 is 5.52. The molecule has 0 amide bonds. The van der Waals surface area contributed by atoms with Gasteiger partial charge in [0.05, 0.1) is 11.6 Å². The molecule has 6 heteroatoms. The van der Waals surface area contributed by atoms with Gasteiger partial charge < -0.3 is 9.73 Å². The van der Waals surface area contributed by atoms with Crippen LogP contribution >= 0.6 is 11.6 Å². The number of carbonyl (C=O) groups excluding carboxylic acids is 1. The smallest absolute Gasteiger partial charge is 0.156 e. The second kappa shape index (κ2) is 5.40. The van der Waals surface area contributed by atoms with E-state index in [9.17, 15) is 4.79 Å². The van der Waals surface area contributed by atoms with Gasteiger partial charge >= 0.3 is 0 Å². The number of nitrogens with one attached hydrogen (secondary N) is 1. The Bertz CT molecular complexity index is 610. The number of rotatable bonds is 4. The van der Waals surface area contributed by atoms with E-state index in [4.69, 9.17) is 16.0 Å². The molecule has 2 aromatic rings. The normalized spacial score (nSPS) is 12.2. The molecule has 5 nitrogen and oxygen atoms in total. The van der Waals surface area contributed by atoms with Crippen molar-refractivity contribution < 1.29 is 9.21 Å². The van der Waals surface area contributed by atoms with Gasteiger partial charge in [0.2, 0.25) is 0 Å². The number of aryl methyl sites for hydroxylation is 2. The fourth-order valence-electron chi connectivity index (χ4n) is 1.72. The van der Waals surface area contributed by atoms with Crippen molar-refractivity contribution in [2.45, 2.75) is 26.8 Å². The van der Waals surface area contributed by atoms with Gasteiger partial charge in [0.15, 0.2) is 6.29 Å². The van der Waals surface area contributed by atoms with Crippen molar-refractivity contribution >= 4 is 23.7 Å². The van der Waals surface area contributed by atoms with Gasteiger partial charge in [0.25, 0.3) is 0 Å². The molecule has 0 radical (unpaired) electrons. The van der Waals surface area contributed by atoms with E-state index in [0.717, 1.165) is 11.5 Å². The highest BCUT2D eigenvalue weighted by molar-refractivity contribution is 6.32. The topological polar surface area (TPSA) is 68.0 Å². The highest BCUT2D eigenvalue weighted by Crippen LogP contribution is 2.24. The lowest BCUT2D eigenvalue weighted by Gasteiger charge is -2.14. The van der Waals surface area contributed by atoms with E-state index in [0.29, 0.717) is 17.9 Å². The summed E-state index contributed by atoms with van der Waals surface area (Å²) in [4.78, 5) is 19.2. The molecule has 0 saturated carbocycles. The van der Waals surface area contributed by atoms with Gasteiger partial charge in [-0.2, -0.15) is 0 Å². The lowest BCUT2D eigenvalue weighted by atomic mass is 10.2. The zero-order valence-corrected chi connectivity index (χ0v) is 11.7. The van der Waals surface area contributed by atoms with Gasteiger partial charge in [-0.3, -0.25) is 4.79 Å². The third kappa shape index (κ3) is 2.93. The number of nitrogens with zero attached hydrogens (tertiary/aromatic N) is 2. The van der Waals surface area contributed by atoms with E-state index in [1.54, 1.807) is 6.92 Å². The average Bonchev–Trinajstić information content (AvgIpc) is 2.75. The van der Waals surface area contributed by atoms with E-state index >= 15 is 0 Å². The van der Waals surface area contributed by atoms with Crippen LogP contribution in [0.1, 0.15) is 40.7 Å². The van der Waals surface area contributed by atoms with Crippen molar-refractivity contribution in [1.29, 1.82) is 0 Å². The summed E-state index contributed by atoms with van der Waals surface area (Å²) in [5.41, 5.74) is 0.252. The minimum Gasteiger partial charge on any atom is -0.464 e. The molecule has 1 N–H and O–H groups in total. The largest absolute Gasteiger partial charge is 0.464 e. The van der Waals surface area contributed by atoms with Gasteiger partial charge in [-0.25, -0.2) is 9.97 Å². The first-order valence-corrected chi connectivity index (χ1v) is 6.21. The van der Waals surface area contributed by atoms with Crippen molar-refractivity contribution in [3.05, 3.63) is 40.2 Å². The fourth-order valence-corrected chi connectivity index (χ4v) is 1.98. The highest BCUT2D eigenvalue weighted by Gasteiger charge is 2.15. The van der Waals surface area contributed by atoms with Crippen molar-refractivity contribution in [3.8, 4) is 0 Å². The quantitative estimate of drug-likeness (QED) is 0.687. The summed E-state index contributed by atoms with van der Waals surface area (Å²) in [6.45, 7) is 5.50. The second-order valence-corrected chi connectivity index (χ2v) is 4.61. The van der Waals surface area contributed by atoms with E-state index < -0.39 is 0 Å². The summed E-state index contributed by atoms with van der Waals surface area (Å²) in [5.74, 6) is 2.51. The van der Waals surface area contributed by atoms with Crippen LogP contribution in [0.25, 0.3) is 0 Å². The fraction of sp³-hybridized carbons (Fsp3) is 0.308. The molecule has 100 valence electrons. The van der Waals surface area contributed by atoms with Crippen molar-refractivity contribution in [2.75, 3.05) is 5.32 Å². The van der Waals surface area contributed by atoms with Gasteiger partial charge in [-0.15, -0.1) is 0 Å². The SMILES string of the molecule is Cc1nc(Cl)c(C=O)c(NC(C)c2ccc(C)o2)n1. The molecular weight excluding hydrogens is 266 g/mol. The Morgan fingerprint density at radius 1 is 1.37 bits per heavy atom. The molecular formula is C13H14ClN3O2. The molecule has 2 rings (SSSR count). The molecule has 0 aliphatic heterocycles. The van der Waals surface area contributed by atoms with Crippen LogP contribution in [0.2, 0.25) is 5.15 Å². The van der Waals surface area contributed by atoms with Gasteiger partial charge in [-0.1, -0.05) is 11.6 Å². The number of anilines is 1. The van der Waals surface area contributed by atoms with Crippen LogP contribution in [0, 0.1) is 13.8 Å². The van der Waals surface area contributed by atoms with Crippen molar-refractivity contribution in [2.24, 2.45) is 0 Å². The molecule has 0 aliphatic rings. The summed E-state index contributed by atoms with van der Waals surface area (Å²) in [7, 11) is 0. The van der Waals surface area contributed by atoms with Gasteiger partial charge in [0, 0.05) is 0 Å². The number of aromatic nitrogens is 2. The second-order valence-electron chi connectivity index (χ2n) is 4.26. The number of aldehydes is 1. The van der Waals surface area contributed by atoms with Crippen LogP contribution in [-0.4, -0.2) is 16.3 Å². The van der Waals surface area contributed by atoms with Crippen LogP contribution in [0.15, 0.2) is 16.5 Å². The van der Waals surface area contributed by atoms with Crippen LogP contribution in [0.5, 0.6) is 0 Å². The monoisotopic (exact) mass is 279 g/mol. The summed E-state index contributed by atoms with van der Waals surface area (Å²) in [6, 6.07) is 3.63. The van der Waals surface area contributed by atoms with Crippen molar-refractivity contribution in [3.63, 3.8) is 0 Å². The Kier molecular flexibility index (Phi) is 3.85. The lowest BCUT2D eigenvalue weighted by Crippen LogP contribution is -2.11. The first-order chi connectivity index (χ1) is 9.01. The van der Waals surface area contributed by atoms with Gasteiger partial charge in [-0.05, 0) is 32.9 Å². The molecule has 0 aromatic carbocycles.